The van der Waals surface area contributed by atoms with Gasteiger partial charge in [-0.05, 0) is 27.2 Å². The van der Waals surface area contributed by atoms with Crippen molar-refractivity contribution in [1.29, 1.82) is 0 Å². The summed E-state index contributed by atoms with van der Waals surface area (Å²) in [6.07, 6.45) is 2.19. The fourth-order valence-electron chi connectivity index (χ4n) is 1.34. The van der Waals surface area contributed by atoms with Crippen molar-refractivity contribution < 1.29 is 14.6 Å². The molecule has 0 aliphatic rings. The maximum Gasteiger partial charge on any atom is 0.315 e. The maximum absolute atomic E-state index is 11.5. The number of aliphatic hydroxyl groups excluding tert-OH is 1. The summed E-state index contributed by atoms with van der Waals surface area (Å²) in [5, 5.41) is 9.72. The number of hydrogen-bond donors (Lipinski definition) is 1. The van der Waals surface area contributed by atoms with E-state index >= 15 is 0 Å². The summed E-state index contributed by atoms with van der Waals surface area (Å²) in [6.45, 7) is 5.40. The highest BCUT2D eigenvalue weighted by molar-refractivity contribution is 7.11. The lowest BCUT2D eigenvalue weighted by atomic mass is 10.1. The van der Waals surface area contributed by atoms with Crippen LogP contribution in [-0.2, 0) is 4.79 Å². The molecule has 1 aromatic heterocycles. The average molecular weight is 255 g/mol. The SMILES string of the molecule is CC(=CCC(=O)Oc1scnc1C)CC(C)O. The zero-order valence-electron chi connectivity index (χ0n) is 10.3. The second-order valence-corrected chi connectivity index (χ2v) is 4.82. The van der Waals surface area contributed by atoms with E-state index in [9.17, 15) is 4.79 Å². The van der Waals surface area contributed by atoms with Crippen LogP contribution in [0.3, 0.4) is 0 Å². The number of aromatic nitrogens is 1. The summed E-state index contributed by atoms with van der Waals surface area (Å²) in [7, 11) is 0. The average Bonchev–Trinajstić information content (AvgIpc) is 2.61. The Labute approximate surface area is 105 Å². The number of rotatable bonds is 5. The van der Waals surface area contributed by atoms with Gasteiger partial charge in [-0.2, -0.15) is 0 Å². The molecule has 1 atom stereocenters. The Kier molecular flexibility index (Phi) is 5.31. The molecular formula is C12H17NO3S. The molecule has 4 nitrogen and oxygen atoms in total. The predicted molar refractivity (Wildman–Crippen MR) is 67.2 cm³/mol. The van der Waals surface area contributed by atoms with Crippen LogP contribution in [0.4, 0.5) is 0 Å². The van der Waals surface area contributed by atoms with Crippen molar-refractivity contribution in [2.24, 2.45) is 0 Å². The molecule has 17 heavy (non-hydrogen) atoms. The number of aliphatic hydroxyl groups is 1. The zero-order valence-corrected chi connectivity index (χ0v) is 11.1. The van der Waals surface area contributed by atoms with E-state index in [4.69, 9.17) is 9.84 Å². The monoisotopic (exact) mass is 255 g/mol. The molecule has 0 radical (unpaired) electrons. The van der Waals surface area contributed by atoms with Gasteiger partial charge in [-0.25, -0.2) is 4.98 Å². The summed E-state index contributed by atoms with van der Waals surface area (Å²) < 4.78 is 5.15. The number of carbonyl (C=O) groups is 1. The van der Waals surface area contributed by atoms with Gasteiger partial charge < -0.3 is 9.84 Å². The van der Waals surface area contributed by atoms with E-state index in [-0.39, 0.29) is 18.5 Å². The highest BCUT2D eigenvalue weighted by atomic mass is 32.1. The third-order valence-electron chi connectivity index (χ3n) is 2.14. The fourth-order valence-corrected chi connectivity index (χ4v) is 2.01. The molecule has 1 N–H and O–H groups in total. The minimum atomic E-state index is -0.383. The van der Waals surface area contributed by atoms with Crippen molar-refractivity contribution >= 4 is 17.3 Å². The number of ether oxygens (including phenoxy) is 1. The predicted octanol–water partition coefficient (Wildman–Crippen LogP) is 2.46. The molecule has 1 unspecified atom stereocenters. The highest BCUT2D eigenvalue weighted by Crippen LogP contribution is 2.22. The fraction of sp³-hybridized carbons (Fsp3) is 0.500. The lowest BCUT2D eigenvalue weighted by molar-refractivity contribution is -0.133. The van der Waals surface area contributed by atoms with Crippen LogP contribution in [0.1, 0.15) is 32.4 Å². The normalized spacial score (nSPS) is 13.5. The smallest absolute Gasteiger partial charge is 0.315 e. The number of carbonyl (C=O) groups excluding carboxylic acids is 1. The Morgan fingerprint density at radius 1 is 1.71 bits per heavy atom. The van der Waals surface area contributed by atoms with Crippen molar-refractivity contribution in [1.82, 2.24) is 4.98 Å². The lowest BCUT2D eigenvalue weighted by Crippen LogP contribution is -2.07. The second-order valence-electron chi connectivity index (χ2n) is 4.01. The summed E-state index contributed by atoms with van der Waals surface area (Å²) in [6, 6.07) is 0. The second kappa shape index (κ2) is 6.51. The first-order valence-electron chi connectivity index (χ1n) is 5.43. The first-order chi connectivity index (χ1) is 7.99. The lowest BCUT2D eigenvalue weighted by Gasteiger charge is -2.04. The third kappa shape index (κ3) is 5.10. The molecule has 5 heteroatoms. The largest absolute Gasteiger partial charge is 0.413 e. The molecule has 0 saturated carbocycles. The minimum absolute atomic E-state index is 0.218. The minimum Gasteiger partial charge on any atom is -0.413 e. The third-order valence-corrected chi connectivity index (χ3v) is 2.95. The Hall–Kier alpha value is -1.20. The van der Waals surface area contributed by atoms with E-state index < -0.39 is 0 Å². The molecule has 1 aromatic rings. The molecule has 0 saturated heterocycles. The van der Waals surface area contributed by atoms with Crippen molar-refractivity contribution in [2.75, 3.05) is 0 Å². The number of esters is 1. The van der Waals surface area contributed by atoms with Crippen LogP contribution in [0.2, 0.25) is 0 Å². The molecule has 94 valence electrons. The Morgan fingerprint density at radius 3 is 2.94 bits per heavy atom. The number of hydrogen-bond acceptors (Lipinski definition) is 5. The van der Waals surface area contributed by atoms with Gasteiger partial charge in [-0.1, -0.05) is 23.0 Å². The van der Waals surface area contributed by atoms with Crippen LogP contribution in [0.5, 0.6) is 5.06 Å². The van der Waals surface area contributed by atoms with E-state index in [1.807, 2.05) is 6.92 Å². The van der Waals surface area contributed by atoms with Gasteiger partial charge in [0.2, 0.25) is 5.06 Å². The van der Waals surface area contributed by atoms with Gasteiger partial charge in [0.05, 0.1) is 23.7 Å². The highest BCUT2D eigenvalue weighted by Gasteiger charge is 2.08. The summed E-state index contributed by atoms with van der Waals surface area (Å²) in [5.74, 6) is -0.303. The standard InChI is InChI=1S/C12H17NO3S/c1-8(6-9(2)14)4-5-11(15)16-12-10(3)13-7-17-12/h4,7,9,14H,5-6H2,1-3H3. The zero-order chi connectivity index (χ0) is 12.8. The van der Waals surface area contributed by atoms with Crippen LogP contribution < -0.4 is 4.74 Å². The molecule has 0 aromatic carbocycles. The van der Waals surface area contributed by atoms with Crippen LogP contribution in [0.15, 0.2) is 17.2 Å². The number of thiazole rings is 1. The first-order valence-corrected chi connectivity index (χ1v) is 6.31. The van der Waals surface area contributed by atoms with Gasteiger partial charge in [0.1, 0.15) is 0 Å². The van der Waals surface area contributed by atoms with Crippen LogP contribution >= 0.6 is 11.3 Å². The van der Waals surface area contributed by atoms with Gasteiger partial charge in [0, 0.05) is 0 Å². The van der Waals surface area contributed by atoms with Gasteiger partial charge in [-0.15, -0.1) is 0 Å². The van der Waals surface area contributed by atoms with Crippen molar-refractivity contribution in [2.45, 2.75) is 39.7 Å². The van der Waals surface area contributed by atoms with Crippen LogP contribution in [0.25, 0.3) is 0 Å². The molecular weight excluding hydrogens is 238 g/mol. The van der Waals surface area contributed by atoms with Crippen molar-refractivity contribution in [3.8, 4) is 5.06 Å². The molecule has 0 fully saturated rings. The van der Waals surface area contributed by atoms with E-state index in [1.54, 1.807) is 25.4 Å². The van der Waals surface area contributed by atoms with Gasteiger partial charge in [0.25, 0.3) is 0 Å². The van der Waals surface area contributed by atoms with E-state index in [0.717, 1.165) is 11.3 Å². The number of nitrogens with zero attached hydrogens (tertiary/aromatic N) is 1. The summed E-state index contributed by atoms with van der Waals surface area (Å²) in [4.78, 5) is 15.5. The maximum atomic E-state index is 11.5. The molecule has 1 rings (SSSR count). The molecule has 0 bridgehead atoms. The van der Waals surface area contributed by atoms with Crippen LogP contribution in [-0.4, -0.2) is 22.2 Å². The Morgan fingerprint density at radius 2 is 2.41 bits per heavy atom. The van der Waals surface area contributed by atoms with E-state index in [1.165, 1.54) is 11.3 Å². The Balaban J connectivity index is 2.43. The van der Waals surface area contributed by atoms with E-state index in [2.05, 4.69) is 4.98 Å². The number of aryl methyl sites for hydroxylation is 1. The van der Waals surface area contributed by atoms with Gasteiger partial charge in [0.15, 0.2) is 0 Å². The summed E-state index contributed by atoms with van der Waals surface area (Å²) >= 11 is 1.31. The van der Waals surface area contributed by atoms with Crippen molar-refractivity contribution in [3.05, 3.63) is 22.9 Å². The molecule has 0 amide bonds. The van der Waals surface area contributed by atoms with Gasteiger partial charge >= 0.3 is 5.97 Å². The van der Waals surface area contributed by atoms with Crippen LogP contribution in [0, 0.1) is 6.92 Å². The molecule has 1 heterocycles. The van der Waals surface area contributed by atoms with E-state index in [0.29, 0.717) is 11.5 Å². The molecule has 0 aliphatic carbocycles. The molecule has 0 spiro atoms. The molecule has 0 aliphatic heterocycles. The quantitative estimate of drug-likeness (QED) is 0.648. The summed E-state index contributed by atoms with van der Waals surface area (Å²) in [5.41, 5.74) is 3.36. The topological polar surface area (TPSA) is 59.4 Å². The Bertz CT molecular complexity index is 410. The van der Waals surface area contributed by atoms with Crippen molar-refractivity contribution in [3.63, 3.8) is 0 Å². The first kappa shape index (κ1) is 13.9. The van der Waals surface area contributed by atoms with Gasteiger partial charge in [-0.3, -0.25) is 4.79 Å².